The standard InChI is InChI=1S/C24H32N4O3/c1-17-15-18(2)28(26-17)13-6-9-22(29)25-20-16-24(11-10-23(30)27(3)14-12-24)31-21-8-5-4-7-19(20)21/h4-5,7-8,15,20H,6,9-14,16H2,1-3H3,(H,25,29)/t20-,24+/m1/s1. The first kappa shape index (κ1) is 21.4. The predicted molar refractivity (Wildman–Crippen MR) is 118 cm³/mol. The number of carbonyl (C=O) groups excluding carboxylic acids is 2. The summed E-state index contributed by atoms with van der Waals surface area (Å²) in [6, 6.07) is 9.87. The van der Waals surface area contributed by atoms with Crippen molar-refractivity contribution in [2.75, 3.05) is 13.6 Å². The molecule has 0 radical (unpaired) electrons. The molecule has 0 saturated carbocycles. The van der Waals surface area contributed by atoms with Crippen molar-refractivity contribution in [2.24, 2.45) is 0 Å². The Kier molecular flexibility index (Phi) is 6.03. The molecular weight excluding hydrogens is 392 g/mol. The maximum absolute atomic E-state index is 12.8. The van der Waals surface area contributed by atoms with Crippen molar-refractivity contribution in [3.05, 3.63) is 47.3 Å². The Bertz CT molecular complexity index is 969. The van der Waals surface area contributed by atoms with E-state index in [1.807, 2.05) is 55.9 Å². The highest BCUT2D eigenvalue weighted by Gasteiger charge is 2.43. The molecule has 1 fully saturated rings. The Hall–Kier alpha value is -2.83. The van der Waals surface area contributed by atoms with Crippen molar-refractivity contribution >= 4 is 11.8 Å². The first-order chi connectivity index (χ1) is 14.8. The summed E-state index contributed by atoms with van der Waals surface area (Å²) >= 11 is 0. The third-order valence-electron chi connectivity index (χ3n) is 6.53. The van der Waals surface area contributed by atoms with Crippen LogP contribution in [0.5, 0.6) is 5.75 Å². The van der Waals surface area contributed by atoms with Gasteiger partial charge in [-0.25, -0.2) is 0 Å². The first-order valence-electron chi connectivity index (χ1n) is 11.2. The Morgan fingerprint density at radius 3 is 2.87 bits per heavy atom. The summed E-state index contributed by atoms with van der Waals surface area (Å²) in [5, 5.41) is 7.72. The normalized spacial score (nSPS) is 23.3. The zero-order chi connectivity index (χ0) is 22.0. The van der Waals surface area contributed by atoms with Crippen LogP contribution in [-0.4, -0.2) is 45.7 Å². The number of aryl methyl sites for hydroxylation is 3. The molecular formula is C24H32N4O3. The minimum atomic E-state index is -0.420. The van der Waals surface area contributed by atoms with Gasteiger partial charge in [-0.2, -0.15) is 5.10 Å². The molecule has 1 aromatic carbocycles. The van der Waals surface area contributed by atoms with E-state index < -0.39 is 5.60 Å². The monoisotopic (exact) mass is 424 g/mol. The zero-order valence-electron chi connectivity index (χ0n) is 18.7. The number of hydrogen-bond donors (Lipinski definition) is 1. The van der Waals surface area contributed by atoms with E-state index in [1.165, 1.54) is 0 Å². The van der Waals surface area contributed by atoms with Gasteiger partial charge in [0.25, 0.3) is 0 Å². The molecule has 2 aromatic rings. The Morgan fingerprint density at radius 1 is 1.29 bits per heavy atom. The molecule has 7 nitrogen and oxygen atoms in total. The Balaban J connectivity index is 1.43. The number of aromatic nitrogens is 2. The van der Waals surface area contributed by atoms with Crippen molar-refractivity contribution < 1.29 is 14.3 Å². The SMILES string of the molecule is Cc1cc(C)n(CCCC(=O)N[C@@H]2C[C@@]3(CCC(=O)N(C)CC3)Oc3ccccc32)n1. The van der Waals surface area contributed by atoms with Crippen molar-refractivity contribution in [3.63, 3.8) is 0 Å². The lowest BCUT2D eigenvalue weighted by Crippen LogP contribution is -2.45. The lowest BCUT2D eigenvalue weighted by Gasteiger charge is -2.42. The Morgan fingerprint density at radius 2 is 2.10 bits per heavy atom. The van der Waals surface area contributed by atoms with Crippen LogP contribution < -0.4 is 10.1 Å². The van der Waals surface area contributed by atoms with E-state index in [0.29, 0.717) is 32.2 Å². The molecule has 7 heteroatoms. The molecule has 4 rings (SSSR count). The van der Waals surface area contributed by atoms with Gasteiger partial charge in [0, 0.05) is 57.1 Å². The maximum atomic E-state index is 12.8. The van der Waals surface area contributed by atoms with Crippen LogP contribution in [0, 0.1) is 13.8 Å². The van der Waals surface area contributed by atoms with Gasteiger partial charge < -0.3 is 15.0 Å². The van der Waals surface area contributed by atoms with Gasteiger partial charge in [-0.3, -0.25) is 14.3 Å². The van der Waals surface area contributed by atoms with Gasteiger partial charge in [-0.1, -0.05) is 18.2 Å². The van der Waals surface area contributed by atoms with Gasteiger partial charge in [0.05, 0.1) is 11.7 Å². The number of likely N-dealkylation sites (tertiary alicyclic amines) is 1. The van der Waals surface area contributed by atoms with Crippen LogP contribution in [0.1, 0.15) is 61.5 Å². The lowest BCUT2D eigenvalue weighted by atomic mass is 9.82. The molecule has 2 aliphatic heterocycles. The van der Waals surface area contributed by atoms with Crippen LogP contribution >= 0.6 is 0 Å². The highest BCUT2D eigenvalue weighted by Crippen LogP contribution is 2.44. The molecule has 3 heterocycles. The molecule has 2 atom stereocenters. The number of nitrogens with zero attached hydrogens (tertiary/aromatic N) is 3. The topological polar surface area (TPSA) is 76.5 Å². The molecule has 2 amide bonds. The molecule has 1 N–H and O–H groups in total. The zero-order valence-corrected chi connectivity index (χ0v) is 18.7. The second kappa shape index (κ2) is 8.73. The van der Waals surface area contributed by atoms with Crippen molar-refractivity contribution in [1.29, 1.82) is 0 Å². The van der Waals surface area contributed by atoms with Gasteiger partial charge in [-0.05, 0) is 38.8 Å². The predicted octanol–water partition coefficient (Wildman–Crippen LogP) is 3.30. The molecule has 166 valence electrons. The Labute approximate surface area is 183 Å². The third kappa shape index (κ3) is 4.75. The molecule has 1 saturated heterocycles. The van der Waals surface area contributed by atoms with Gasteiger partial charge in [0.2, 0.25) is 11.8 Å². The highest BCUT2D eigenvalue weighted by molar-refractivity contribution is 5.77. The minimum absolute atomic E-state index is 0.0419. The average Bonchev–Trinajstić information content (AvgIpc) is 3.00. The van der Waals surface area contributed by atoms with E-state index in [0.717, 1.165) is 42.1 Å². The van der Waals surface area contributed by atoms with Crippen LogP contribution in [0.15, 0.2) is 30.3 Å². The van der Waals surface area contributed by atoms with E-state index in [9.17, 15) is 9.59 Å². The second-order valence-corrected chi connectivity index (χ2v) is 8.97. The highest BCUT2D eigenvalue weighted by atomic mass is 16.5. The summed E-state index contributed by atoms with van der Waals surface area (Å²) in [5.41, 5.74) is 2.71. The fraction of sp³-hybridized carbons (Fsp3) is 0.542. The van der Waals surface area contributed by atoms with Crippen molar-refractivity contribution in [3.8, 4) is 5.75 Å². The van der Waals surface area contributed by atoms with Crippen molar-refractivity contribution in [2.45, 2.75) is 70.6 Å². The summed E-state index contributed by atoms with van der Waals surface area (Å²) in [7, 11) is 1.85. The second-order valence-electron chi connectivity index (χ2n) is 8.97. The van der Waals surface area contributed by atoms with Crippen LogP contribution in [0.3, 0.4) is 0 Å². The minimum Gasteiger partial charge on any atom is -0.487 e. The third-order valence-corrected chi connectivity index (χ3v) is 6.53. The van der Waals surface area contributed by atoms with Crippen LogP contribution in [0.25, 0.3) is 0 Å². The number of ether oxygens (including phenoxy) is 1. The molecule has 1 aromatic heterocycles. The molecule has 2 aliphatic rings. The number of amides is 2. The van der Waals surface area contributed by atoms with Crippen LogP contribution in [0.4, 0.5) is 0 Å². The molecule has 0 aliphatic carbocycles. The van der Waals surface area contributed by atoms with Gasteiger partial charge in [0.15, 0.2) is 0 Å². The number of hydrogen-bond acceptors (Lipinski definition) is 4. The summed E-state index contributed by atoms with van der Waals surface area (Å²) in [6.45, 7) is 5.42. The molecule has 1 spiro atoms. The van der Waals surface area contributed by atoms with E-state index in [2.05, 4.69) is 10.4 Å². The van der Waals surface area contributed by atoms with Crippen molar-refractivity contribution in [1.82, 2.24) is 20.0 Å². The quantitative estimate of drug-likeness (QED) is 0.799. The van der Waals surface area contributed by atoms with E-state index in [-0.39, 0.29) is 17.9 Å². The van der Waals surface area contributed by atoms with E-state index in [4.69, 9.17) is 4.74 Å². The average molecular weight is 425 g/mol. The lowest BCUT2D eigenvalue weighted by molar-refractivity contribution is -0.129. The van der Waals surface area contributed by atoms with E-state index in [1.54, 1.807) is 4.90 Å². The number of rotatable bonds is 5. The smallest absolute Gasteiger partial charge is 0.222 e. The maximum Gasteiger partial charge on any atom is 0.222 e. The van der Waals surface area contributed by atoms with Crippen LogP contribution in [0.2, 0.25) is 0 Å². The van der Waals surface area contributed by atoms with E-state index >= 15 is 0 Å². The number of nitrogens with one attached hydrogen (secondary N) is 1. The van der Waals surface area contributed by atoms with Crippen LogP contribution in [-0.2, 0) is 16.1 Å². The summed E-state index contributed by atoms with van der Waals surface area (Å²) in [6.07, 6.45) is 3.80. The summed E-state index contributed by atoms with van der Waals surface area (Å²) in [4.78, 5) is 26.8. The van der Waals surface area contributed by atoms with Gasteiger partial charge >= 0.3 is 0 Å². The molecule has 0 unspecified atom stereocenters. The largest absolute Gasteiger partial charge is 0.487 e. The first-order valence-corrected chi connectivity index (χ1v) is 11.2. The fourth-order valence-electron chi connectivity index (χ4n) is 4.76. The van der Waals surface area contributed by atoms with Gasteiger partial charge in [0.1, 0.15) is 11.4 Å². The number of benzene rings is 1. The number of carbonyl (C=O) groups is 2. The molecule has 0 bridgehead atoms. The number of fused-ring (bicyclic) bond motifs is 1. The van der Waals surface area contributed by atoms with Gasteiger partial charge in [-0.15, -0.1) is 0 Å². The summed E-state index contributed by atoms with van der Waals surface area (Å²) < 4.78 is 8.42. The molecule has 31 heavy (non-hydrogen) atoms. The fourth-order valence-corrected chi connectivity index (χ4v) is 4.76. The number of para-hydroxylation sites is 1. The summed E-state index contributed by atoms with van der Waals surface area (Å²) in [5.74, 6) is 1.02.